The number of aromatic nitrogens is 2. The first-order chi connectivity index (χ1) is 13.2. The molecule has 0 saturated carbocycles. The van der Waals surface area contributed by atoms with Gasteiger partial charge in [-0.05, 0) is 36.6 Å². The van der Waals surface area contributed by atoms with Gasteiger partial charge in [0.1, 0.15) is 11.6 Å². The smallest absolute Gasteiger partial charge is 0.406 e. The van der Waals surface area contributed by atoms with Gasteiger partial charge < -0.3 is 15.4 Å². The Morgan fingerprint density at radius 3 is 2.43 bits per heavy atom. The zero-order chi connectivity index (χ0) is 20.7. The normalized spacial score (nSPS) is 11.2. The molecule has 1 aromatic carbocycles. The van der Waals surface area contributed by atoms with E-state index in [0.29, 0.717) is 18.8 Å². The number of nitrogens with one attached hydrogen (secondary N) is 3. The SMILES string of the molecule is [CH2]CCNc1cc(C(C)C)nc(NC(=O)Nc2ccc(OC(F)(F)F)cc2)n1. The van der Waals surface area contributed by atoms with E-state index < -0.39 is 12.4 Å². The van der Waals surface area contributed by atoms with Gasteiger partial charge in [0.05, 0.1) is 5.69 Å². The Bertz CT molecular complexity index is 795. The van der Waals surface area contributed by atoms with Crippen molar-refractivity contribution in [3.8, 4) is 5.75 Å². The first-order valence-electron chi connectivity index (χ1n) is 8.52. The second-order valence-corrected chi connectivity index (χ2v) is 6.09. The predicted molar refractivity (Wildman–Crippen MR) is 100 cm³/mol. The summed E-state index contributed by atoms with van der Waals surface area (Å²) in [4.78, 5) is 20.7. The summed E-state index contributed by atoms with van der Waals surface area (Å²) in [5.41, 5.74) is 1.02. The lowest BCUT2D eigenvalue weighted by atomic mass is 10.1. The Morgan fingerprint density at radius 2 is 1.86 bits per heavy atom. The van der Waals surface area contributed by atoms with Gasteiger partial charge in [0.25, 0.3) is 0 Å². The number of hydrogen-bond donors (Lipinski definition) is 3. The number of nitrogens with zero attached hydrogens (tertiary/aromatic N) is 2. The van der Waals surface area contributed by atoms with Crippen molar-refractivity contribution < 1.29 is 22.7 Å². The van der Waals surface area contributed by atoms with Gasteiger partial charge in [-0.3, -0.25) is 5.32 Å². The third-order valence-electron chi connectivity index (χ3n) is 3.39. The molecule has 1 heterocycles. The largest absolute Gasteiger partial charge is 0.573 e. The van der Waals surface area contributed by atoms with E-state index in [1.54, 1.807) is 6.07 Å². The maximum atomic E-state index is 12.2. The molecule has 0 saturated heterocycles. The van der Waals surface area contributed by atoms with Crippen molar-refractivity contribution in [1.82, 2.24) is 9.97 Å². The highest BCUT2D eigenvalue weighted by Gasteiger charge is 2.30. The molecule has 0 atom stereocenters. The maximum absolute atomic E-state index is 12.2. The van der Waals surface area contributed by atoms with Crippen LogP contribution in [0, 0.1) is 6.92 Å². The van der Waals surface area contributed by atoms with Gasteiger partial charge in [-0.2, -0.15) is 4.98 Å². The van der Waals surface area contributed by atoms with Crippen molar-refractivity contribution in [3.05, 3.63) is 42.9 Å². The molecule has 10 heteroatoms. The summed E-state index contributed by atoms with van der Waals surface area (Å²) >= 11 is 0. The molecule has 3 N–H and O–H groups in total. The highest BCUT2D eigenvalue weighted by molar-refractivity contribution is 5.98. The molecular weight excluding hydrogens is 375 g/mol. The molecule has 0 spiro atoms. The van der Waals surface area contributed by atoms with E-state index in [1.807, 2.05) is 13.8 Å². The van der Waals surface area contributed by atoms with E-state index in [4.69, 9.17) is 0 Å². The number of urea groups is 1. The number of amides is 2. The lowest BCUT2D eigenvalue weighted by Crippen LogP contribution is -2.22. The first-order valence-corrected chi connectivity index (χ1v) is 8.52. The molecule has 28 heavy (non-hydrogen) atoms. The average Bonchev–Trinajstić information content (AvgIpc) is 2.60. The Morgan fingerprint density at radius 1 is 1.18 bits per heavy atom. The predicted octanol–water partition coefficient (Wildman–Crippen LogP) is 4.78. The van der Waals surface area contributed by atoms with Gasteiger partial charge in [0.2, 0.25) is 5.95 Å². The van der Waals surface area contributed by atoms with Crippen molar-refractivity contribution in [2.75, 3.05) is 22.5 Å². The number of ether oxygens (including phenoxy) is 1. The summed E-state index contributed by atoms with van der Waals surface area (Å²) in [6.45, 7) is 8.28. The molecule has 0 aliphatic rings. The molecule has 0 aliphatic heterocycles. The van der Waals surface area contributed by atoms with Crippen LogP contribution in [0.4, 0.5) is 35.4 Å². The average molecular weight is 396 g/mol. The minimum atomic E-state index is -4.77. The molecule has 2 rings (SSSR count). The number of rotatable bonds is 7. The van der Waals surface area contributed by atoms with Crippen molar-refractivity contribution >= 4 is 23.5 Å². The Balaban J connectivity index is 2.04. The fraction of sp³-hybridized carbons (Fsp3) is 0.333. The van der Waals surface area contributed by atoms with Crippen LogP contribution in [0.1, 0.15) is 31.9 Å². The molecule has 0 aliphatic carbocycles. The van der Waals surface area contributed by atoms with Crippen LogP contribution in [-0.2, 0) is 0 Å². The van der Waals surface area contributed by atoms with Crippen LogP contribution in [0.5, 0.6) is 5.75 Å². The number of halogens is 3. The van der Waals surface area contributed by atoms with Crippen LogP contribution in [0.2, 0.25) is 0 Å². The van der Waals surface area contributed by atoms with E-state index in [-0.39, 0.29) is 23.3 Å². The number of carbonyl (C=O) groups excluding carboxylic acids is 1. The van der Waals surface area contributed by atoms with Gasteiger partial charge in [0.15, 0.2) is 0 Å². The standard InChI is InChI=1S/C18H21F3N5O2/c1-4-9-22-15-10-14(11(2)3)24-16(25-15)26-17(27)23-12-5-7-13(8-6-12)28-18(19,20)21/h5-8,10-11H,1,4,9H2,2-3H3,(H3,22,23,24,25,26,27). The third-order valence-corrected chi connectivity index (χ3v) is 3.39. The van der Waals surface area contributed by atoms with Crippen LogP contribution in [0.15, 0.2) is 30.3 Å². The molecule has 0 bridgehead atoms. The molecule has 2 amide bonds. The van der Waals surface area contributed by atoms with Gasteiger partial charge in [-0.15, -0.1) is 13.2 Å². The third kappa shape index (κ3) is 6.93. The van der Waals surface area contributed by atoms with Gasteiger partial charge in [0, 0.05) is 18.3 Å². The molecule has 7 nitrogen and oxygen atoms in total. The van der Waals surface area contributed by atoms with E-state index >= 15 is 0 Å². The highest BCUT2D eigenvalue weighted by Crippen LogP contribution is 2.24. The first kappa shape index (κ1) is 21.3. The molecule has 151 valence electrons. The fourth-order valence-electron chi connectivity index (χ4n) is 2.13. The maximum Gasteiger partial charge on any atom is 0.573 e. The molecule has 0 fully saturated rings. The van der Waals surface area contributed by atoms with Crippen LogP contribution in [-0.4, -0.2) is 28.9 Å². The van der Waals surface area contributed by atoms with Crippen molar-refractivity contribution in [1.29, 1.82) is 0 Å². The summed E-state index contributed by atoms with van der Waals surface area (Å²) in [6, 6.07) is 5.93. The second-order valence-electron chi connectivity index (χ2n) is 6.09. The summed E-state index contributed by atoms with van der Waals surface area (Å²) in [5, 5.41) is 8.10. The molecular formula is C18H21F3N5O2. The lowest BCUT2D eigenvalue weighted by molar-refractivity contribution is -0.274. The van der Waals surface area contributed by atoms with Crippen molar-refractivity contribution in [2.24, 2.45) is 0 Å². The van der Waals surface area contributed by atoms with Crippen LogP contribution >= 0.6 is 0 Å². The lowest BCUT2D eigenvalue weighted by Gasteiger charge is -2.13. The van der Waals surface area contributed by atoms with Crippen LogP contribution in [0.25, 0.3) is 0 Å². The summed E-state index contributed by atoms with van der Waals surface area (Å²) in [7, 11) is 0. The Hall–Kier alpha value is -3.04. The second kappa shape index (κ2) is 9.25. The summed E-state index contributed by atoms with van der Waals surface area (Å²) in [5.74, 6) is 0.402. The van der Waals surface area contributed by atoms with Gasteiger partial charge in [-0.1, -0.05) is 20.8 Å². The zero-order valence-electron chi connectivity index (χ0n) is 15.4. The van der Waals surface area contributed by atoms with E-state index in [0.717, 1.165) is 17.8 Å². The summed E-state index contributed by atoms with van der Waals surface area (Å²) in [6.07, 6.45) is -4.11. The zero-order valence-corrected chi connectivity index (χ0v) is 15.4. The minimum Gasteiger partial charge on any atom is -0.406 e. The topological polar surface area (TPSA) is 88.2 Å². The van der Waals surface area contributed by atoms with Gasteiger partial charge in [-0.25, -0.2) is 9.78 Å². The van der Waals surface area contributed by atoms with Crippen LogP contribution in [0.3, 0.4) is 0 Å². The monoisotopic (exact) mass is 396 g/mol. The van der Waals surface area contributed by atoms with E-state index in [1.165, 1.54) is 12.1 Å². The molecule has 1 radical (unpaired) electrons. The number of anilines is 3. The summed E-state index contributed by atoms with van der Waals surface area (Å²) < 4.78 is 40.3. The number of carbonyl (C=O) groups is 1. The quantitative estimate of drug-likeness (QED) is 0.627. The Kier molecular flexibility index (Phi) is 7.02. The number of alkyl halides is 3. The molecule has 1 aromatic heterocycles. The fourth-order valence-corrected chi connectivity index (χ4v) is 2.13. The van der Waals surface area contributed by atoms with E-state index in [2.05, 4.69) is 37.6 Å². The van der Waals surface area contributed by atoms with Crippen LogP contribution < -0.4 is 20.7 Å². The Labute approximate surface area is 160 Å². The van der Waals surface area contributed by atoms with Crippen molar-refractivity contribution in [2.45, 2.75) is 32.5 Å². The number of benzene rings is 1. The highest BCUT2D eigenvalue weighted by atomic mass is 19.4. The molecule has 0 unspecified atom stereocenters. The minimum absolute atomic E-state index is 0.104. The molecule has 2 aromatic rings. The van der Waals surface area contributed by atoms with Gasteiger partial charge >= 0.3 is 12.4 Å². The number of hydrogen-bond acceptors (Lipinski definition) is 5. The van der Waals surface area contributed by atoms with Crippen molar-refractivity contribution in [3.63, 3.8) is 0 Å². The van der Waals surface area contributed by atoms with E-state index in [9.17, 15) is 18.0 Å².